The molecule has 27 heavy (non-hydrogen) atoms. The minimum absolute atomic E-state index is 0.115. The third-order valence-electron chi connectivity index (χ3n) is 3.88. The summed E-state index contributed by atoms with van der Waals surface area (Å²) in [4.78, 5) is 26.8. The number of hydrogen-bond acceptors (Lipinski definition) is 5. The molecule has 7 heteroatoms. The van der Waals surface area contributed by atoms with E-state index < -0.39 is 0 Å². The fourth-order valence-corrected chi connectivity index (χ4v) is 2.45. The molecule has 0 spiro atoms. The minimum atomic E-state index is -0.227. The van der Waals surface area contributed by atoms with Gasteiger partial charge in [0, 0.05) is 30.6 Å². The largest absolute Gasteiger partial charge is 0.494 e. The van der Waals surface area contributed by atoms with E-state index in [-0.39, 0.29) is 11.5 Å². The van der Waals surface area contributed by atoms with Crippen LogP contribution in [0.3, 0.4) is 0 Å². The first-order valence-corrected chi connectivity index (χ1v) is 8.69. The van der Waals surface area contributed by atoms with Crippen molar-refractivity contribution in [2.45, 2.75) is 12.8 Å². The van der Waals surface area contributed by atoms with Crippen molar-refractivity contribution in [3.8, 4) is 17.0 Å². The number of amides is 1. The van der Waals surface area contributed by atoms with Gasteiger partial charge in [0.25, 0.3) is 11.5 Å². The van der Waals surface area contributed by atoms with Crippen molar-refractivity contribution in [1.82, 2.24) is 20.5 Å². The number of benzene rings is 1. The monoisotopic (exact) mass is 364 g/mol. The van der Waals surface area contributed by atoms with Gasteiger partial charge in [-0.2, -0.15) is 5.10 Å². The molecular weight excluding hydrogens is 344 g/mol. The van der Waals surface area contributed by atoms with Crippen molar-refractivity contribution in [1.29, 1.82) is 0 Å². The van der Waals surface area contributed by atoms with Crippen molar-refractivity contribution in [3.63, 3.8) is 0 Å². The van der Waals surface area contributed by atoms with Gasteiger partial charge in [-0.1, -0.05) is 0 Å². The average molecular weight is 364 g/mol. The van der Waals surface area contributed by atoms with E-state index in [4.69, 9.17) is 4.74 Å². The van der Waals surface area contributed by atoms with Crippen LogP contribution in [0.4, 0.5) is 0 Å². The highest BCUT2D eigenvalue weighted by Gasteiger charge is 2.04. The molecule has 2 heterocycles. The molecule has 0 aliphatic rings. The van der Waals surface area contributed by atoms with Crippen LogP contribution >= 0.6 is 0 Å². The Morgan fingerprint density at radius 3 is 2.63 bits per heavy atom. The van der Waals surface area contributed by atoms with Gasteiger partial charge in [-0.15, -0.1) is 0 Å². The van der Waals surface area contributed by atoms with Gasteiger partial charge in [-0.05, 0) is 55.3 Å². The molecule has 0 saturated heterocycles. The summed E-state index contributed by atoms with van der Waals surface area (Å²) in [5.74, 6) is 0.651. The van der Waals surface area contributed by atoms with Gasteiger partial charge in [-0.3, -0.25) is 14.6 Å². The predicted molar refractivity (Wildman–Crippen MR) is 102 cm³/mol. The number of ether oxygens (including phenoxy) is 1. The molecule has 138 valence electrons. The van der Waals surface area contributed by atoms with Crippen LogP contribution in [0, 0.1) is 0 Å². The standard InChI is InChI=1S/C20H20N4O3/c25-19-10-9-18(23-24-19)15-5-7-17(8-6-15)27-13-2-1-12-22-20(26)16-4-3-11-21-14-16/h3-11,14H,1-2,12-13H2,(H,22,26)(H,24,25). The third kappa shape index (κ3) is 5.50. The fraction of sp³-hybridized carbons (Fsp3) is 0.200. The summed E-state index contributed by atoms with van der Waals surface area (Å²) in [6.07, 6.45) is 4.84. The number of aromatic amines is 1. The van der Waals surface area contributed by atoms with Gasteiger partial charge in [-0.25, -0.2) is 5.10 Å². The summed E-state index contributed by atoms with van der Waals surface area (Å²) in [6.45, 7) is 1.16. The summed E-state index contributed by atoms with van der Waals surface area (Å²) >= 11 is 0. The SMILES string of the molecule is O=C(NCCCCOc1ccc(-c2ccc(=O)[nH]n2)cc1)c1cccnc1. The molecule has 0 saturated carbocycles. The number of hydrogen-bond donors (Lipinski definition) is 2. The molecule has 1 amide bonds. The van der Waals surface area contributed by atoms with Crippen molar-refractivity contribution >= 4 is 5.91 Å². The van der Waals surface area contributed by atoms with Crippen LogP contribution in [0.5, 0.6) is 5.75 Å². The molecule has 7 nitrogen and oxygen atoms in total. The van der Waals surface area contributed by atoms with Crippen LogP contribution in [0.1, 0.15) is 23.2 Å². The summed E-state index contributed by atoms with van der Waals surface area (Å²) in [5.41, 5.74) is 1.93. The van der Waals surface area contributed by atoms with E-state index in [0.29, 0.717) is 24.4 Å². The number of nitrogens with one attached hydrogen (secondary N) is 2. The Labute approximate surface area is 156 Å². The molecule has 2 aromatic heterocycles. The van der Waals surface area contributed by atoms with E-state index in [9.17, 15) is 9.59 Å². The predicted octanol–water partition coefficient (Wildman–Crippen LogP) is 2.42. The van der Waals surface area contributed by atoms with Crippen molar-refractivity contribution in [2.24, 2.45) is 0 Å². The molecule has 3 rings (SSSR count). The molecule has 0 atom stereocenters. The highest BCUT2D eigenvalue weighted by molar-refractivity contribution is 5.93. The molecule has 0 radical (unpaired) electrons. The smallest absolute Gasteiger partial charge is 0.264 e. The first-order chi connectivity index (χ1) is 13.2. The number of carbonyl (C=O) groups is 1. The minimum Gasteiger partial charge on any atom is -0.494 e. The second-order valence-corrected chi connectivity index (χ2v) is 5.88. The normalized spacial score (nSPS) is 10.4. The maximum Gasteiger partial charge on any atom is 0.264 e. The fourth-order valence-electron chi connectivity index (χ4n) is 2.45. The molecular formula is C20H20N4O3. The zero-order chi connectivity index (χ0) is 18.9. The van der Waals surface area contributed by atoms with E-state index in [2.05, 4.69) is 20.5 Å². The molecule has 0 aliphatic carbocycles. The van der Waals surface area contributed by atoms with Crippen LogP contribution in [0.15, 0.2) is 65.7 Å². The van der Waals surface area contributed by atoms with E-state index in [1.54, 1.807) is 30.6 Å². The van der Waals surface area contributed by atoms with Gasteiger partial charge in [0.05, 0.1) is 17.9 Å². The lowest BCUT2D eigenvalue weighted by Gasteiger charge is -2.08. The molecule has 2 N–H and O–H groups in total. The third-order valence-corrected chi connectivity index (χ3v) is 3.88. The lowest BCUT2D eigenvalue weighted by atomic mass is 10.1. The molecule has 0 fully saturated rings. The number of aromatic nitrogens is 3. The van der Waals surface area contributed by atoms with Gasteiger partial charge >= 0.3 is 0 Å². The van der Waals surface area contributed by atoms with E-state index in [0.717, 1.165) is 24.2 Å². The summed E-state index contributed by atoms with van der Waals surface area (Å²) < 4.78 is 5.71. The zero-order valence-electron chi connectivity index (χ0n) is 14.7. The van der Waals surface area contributed by atoms with Crippen molar-refractivity contribution in [3.05, 3.63) is 76.8 Å². The van der Waals surface area contributed by atoms with Gasteiger partial charge < -0.3 is 10.1 Å². The van der Waals surface area contributed by atoms with Gasteiger partial charge in [0.15, 0.2) is 0 Å². The molecule has 0 unspecified atom stereocenters. The highest BCUT2D eigenvalue weighted by atomic mass is 16.5. The van der Waals surface area contributed by atoms with Gasteiger partial charge in [0.2, 0.25) is 0 Å². The van der Waals surface area contributed by atoms with Gasteiger partial charge in [0.1, 0.15) is 5.75 Å². The first kappa shape index (κ1) is 18.3. The number of carbonyl (C=O) groups excluding carboxylic acids is 1. The lowest BCUT2D eigenvalue weighted by Crippen LogP contribution is -2.24. The second-order valence-electron chi connectivity index (χ2n) is 5.88. The number of rotatable bonds is 8. The Morgan fingerprint density at radius 1 is 1.07 bits per heavy atom. The zero-order valence-corrected chi connectivity index (χ0v) is 14.7. The number of unbranched alkanes of at least 4 members (excludes halogenated alkanes) is 1. The maximum absolute atomic E-state index is 11.9. The Morgan fingerprint density at radius 2 is 1.93 bits per heavy atom. The number of nitrogens with zero attached hydrogens (tertiary/aromatic N) is 2. The Balaban J connectivity index is 1.36. The number of H-pyrrole nitrogens is 1. The van der Waals surface area contributed by atoms with Crippen LogP contribution in [0.2, 0.25) is 0 Å². The van der Waals surface area contributed by atoms with E-state index >= 15 is 0 Å². The van der Waals surface area contributed by atoms with Crippen molar-refractivity contribution < 1.29 is 9.53 Å². The quantitative estimate of drug-likeness (QED) is 0.598. The first-order valence-electron chi connectivity index (χ1n) is 8.69. The molecule has 0 bridgehead atoms. The summed E-state index contributed by atoms with van der Waals surface area (Å²) in [6, 6.07) is 14.1. The molecule has 3 aromatic rings. The van der Waals surface area contributed by atoms with E-state index in [1.165, 1.54) is 6.07 Å². The van der Waals surface area contributed by atoms with Crippen LogP contribution in [-0.2, 0) is 0 Å². The second kappa shape index (κ2) is 9.28. The Kier molecular flexibility index (Phi) is 6.30. The molecule has 1 aromatic carbocycles. The van der Waals surface area contributed by atoms with Crippen LogP contribution in [0.25, 0.3) is 11.3 Å². The average Bonchev–Trinajstić information content (AvgIpc) is 2.72. The van der Waals surface area contributed by atoms with Crippen LogP contribution < -0.4 is 15.6 Å². The van der Waals surface area contributed by atoms with Crippen LogP contribution in [-0.4, -0.2) is 34.2 Å². The Hall–Kier alpha value is -3.48. The Bertz CT molecular complexity index is 903. The number of pyridine rings is 1. The molecule has 0 aliphatic heterocycles. The lowest BCUT2D eigenvalue weighted by molar-refractivity contribution is 0.0952. The highest BCUT2D eigenvalue weighted by Crippen LogP contribution is 2.19. The summed E-state index contributed by atoms with van der Waals surface area (Å²) in [7, 11) is 0. The summed E-state index contributed by atoms with van der Waals surface area (Å²) in [5, 5.41) is 9.27. The van der Waals surface area contributed by atoms with E-state index in [1.807, 2.05) is 24.3 Å². The topological polar surface area (TPSA) is 97.0 Å². The maximum atomic E-state index is 11.9. The van der Waals surface area contributed by atoms with Crippen molar-refractivity contribution in [2.75, 3.05) is 13.2 Å².